The van der Waals surface area contributed by atoms with Gasteiger partial charge in [0.2, 0.25) is 5.91 Å². The summed E-state index contributed by atoms with van der Waals surface area (Å²) in [7, 11) is 0. The van der Waals surface area contributed by atoms with Crippen LogP contribution in [0.5, 0.6) is 11.5 Å². The van der Waals surface area contributed by atoms with Gasteiger partial charge in [-0.1, -0.05) is 60.7 Å². The number of benzene rings is 4. The first-order valence-electron chi connectivity index (χ1n) is 10.2. The van der Waals surface area contributed by atoms with Crippen LogP contribution in [0.4, 0.5) is 0 Å². The number of esters is 1. The minimum absolute atomic E-state index is 0.136. The van der Waals surface area contributed by atoms with Crippen LogP contribution in [-0.4, -0.2) is 22.1 Å². The fraction of sp³-hybridized carbons (Fsp3) is 0.0370. The van der Waals surface area contributed by atoms with Crippen LogP contribution in [0.25, 0.3) is 0 Å². The molecule has 1 heterocycles. The molecule has 0 unspecified atom stereocenters. The Kier molecular flexibility index (Phi) is 5.83. The van der Waals surface area contributed by atoms with Crippen molar-refractivity contribution in [3.8, 4) is 11.5 Å². The lowest BCUT2D eigenvalue weighted by atomic mass is 9.80. The van der Waals surface area contributed by atoms with Gasteiger partial charge in [0.25, 0.3) is 0 Å². The Morgan fingerprint density at radius 3 is 1.67 bits per heavy atom. The van der Waals surface area contributed by atoms with E-state index in [-0.39, 0.29) is 17.4 Å². The monoisotopic (exact) mass is 439 g/mol. The third-order valence-electron chi connectivity index (χ3n) is 5.38. The average molecular weight is 439 g/mol. The second-order valence-corrected chi connectivity index (χ2v) is 7.44. The number of phenols is 2. The predicted molar refractivity (Wildman–Crippen MR) is 123 cm³/mol. The number of ether oxygens (including phenoxy) is 1. The van der Waals surface area contributed by atoms with Gasteiger partial charge < -0.3 is 20.7 Å². The number of hydrogen-bond acceptors (Lipinski definition) is 5. The number of fused-ring (bicyclic) bond motifs is 1. The van der Waals surface area contributed by atoms with Crippen molar-refractivity contribution in [2.24, 2.45) is 5.73 Å². The van der Waals surface area contributed by atoms with Crippen molar-refractivity contribution in [1.29, 1.82) is 0 Å². The van der Waals surface area contributed by atoms with Gasteiger partial charge in [-0.05, 0) is 42.5 Å². The molecule has 1 aliphatic rings. The second-order valence-electron chi connectivity index (χ2n) is 7.44. The topological polar surface area (TPSA) is 110 Å². The summed E-state index contributed by atoms with van der Waals surface area (Å²) in [5.74, 6) is -0.503. The molecular formula is C27H21NO5. The molecule has 0 spiro atoms. The summed E-state index contributed by atoms with van der Waals surface area (Å²) in [6.07, 6.45) is 0. The Labute approximate surface area is 190 Å². The first kappa shape index (κ1) is 21.6. The SMILES string of the molecule is NC(=O)c1ccccc1.O=C1OC(c2ccc(O)cc2)(c2ccc(O)cc2)c2ccccc21. The van der Waals surface area contributed by atoms with Crippen molar-refractivity contribution < 1.29 is 24.5 Å². The van der Waals surface area contributed by atoms with Gasteiger partial charge in [-0.15, -0.1) is 0 Å². The van der Waals surface area contributed by atoms with Crippen LogP contribution in [0.1, 0.15) is 37.4 Å². The van der Waals surface area contributed by atoms with Gasteiger partial charge >= 0.3 is 5.97 Å². The summed E-state index contributed by atoms with van der Waals surface area (Å²) in [5, 5.41) is 19.2. The number of cyclic esters (lactones) is 1. The molecule has 0 bridgehead atoms. The van der Waals surface area contributed by atoms with E-state index in [9.17, 15) is 19.8 Å². The number of amides is 1. The quantitative estimate of drug-likeness (QED) is 0.411. The zero-order valence-electron chi connectivity index (χ0n) is 17.5. The first-order valence-corrected chi connectivity index (χ1v) is 10.2. The average Bonchev–Trinajstić information content (AvgIpc) is 3.14. The van der Waals surface area contributed by atoms with Crippen molar-refractivity contribution in [2.75, 3.05) is 0 Å². The van der Waals surface area contributed by atoms with Crippen LogP contribution in [0.2, 0.25) is 0 Å². The molecule has 164 valence electrons. The van der Waals surface area contributed by atoms with Crippen LogP contribution < -0.4 is 5.73 Å². The summed E-state index contributed by atoms with van der Waals surface area (Å²) < 4.78 is 5.87. The number of nitrogens with two attached hydrogens (primary N) is 1. The van der Waals surface area contributed by atoms with Crippen LogP contribution in [0.15, 0.2) is 103 Å². The second kappa shape index (κ2) is 8.88. The molecule has 4 N–H and O–H groups in total. The number of rotatable bonds is 3. The Morgan fingerprint density at radius 2 is 1.18 bits per heavy atom. The Morgan fingerprint density at radius 1 is 0.697 bits per heavy atom. The van der Waals surface area contributed by atoms with E-state index in [2.05, 4.69) is 0 Å². The van der Waals surface area contributed by atoms with E-state index in [1.807, 2.05) is 18.2 Å². The lowest BCUT2D eigenvalue weighted by Gasteiger charge is -2.30. The summed E-state index contributed by atoms with van der Waals surface area (Å²) in [6.45, 7) is 0. The zero-order valence-corrected chi connectivity index (χ0v) is 17.5. The van der Waals surface area contributed by atoms with Gasteiger partial charge in [0, 0.05) is 22.3 Å². The maximum absolute atomic E-state index is 12.4. The molecule has 0 saturated carbocycles. The van der Waals surface area contributed by atoms with Crippen LogP contribution in [0, 0.1) is 0 Å². The van der Waals surface area contributed by atoms with E-state index >= 15 is 0 Å². The van der Waals surface area contributed by atoms with Crippen molar-refractivity contribution in [1.82, 2.24) is 0 Å². The number of carbonyl (C=O) groups excluding carboxylic acids is 2. The Hall–Kier alpha value is -4.58. The highest BCUT2D eigenvalue weighted by atomic mass is 16.6. The molecule has 6 nitrogen and oxygen atoms in total. The molecule has 33 heavy (non-hydrogen) atoms. The van der Waals surface area contributed by atoms with E-state index < -0.39 is 11.6 Å². The molecule has 0 saturated heterocycles. The highest BCUT2D eigenvalue weighted by Crippen LogP contribution is 2.47. The number of carbonyl (C=O) groups is 2. The maximum atomic E-state index is 12.4. The van der Waals surface area contributed by atoms with E-state index in [4.69, 9.17) is 10.5 Å². The molecule has 4 aromatic carbocycles. The number of phenolic OH excluding ortho intramolecular Hbond substituents is 2. The van der Waals surface area contributed by atoms with Crippen LogP contribution in [-0.2, 0) is 10.3 Å². The first-order chi connectivity index (χ1) is 15.9. The molecule has 0 aliphatic carbocycles. The molecule has 6 heteroatoms. The van der Waals surface area contributed by atoms with Crippen molar-refractivity contribution >= 4 is 11.9 Å². The summed E-state index contributed by atoms with van der Waals surface area (Å²) in [4.78, 5) is 22.9. The van der Waals surface area contributed by atoms with Crippen LogP contribution in [0.3, 0.4) is 0 Å². The smallest absolute Gasteiger partial charge is 0.340 e. The summed E-state index contributed by atoms with van der Waals surface area (Å²) >= 11 is 0. The van der Waals surface area contributed by atoms with Gasteiger partial charge in [0.1, 0.15) is 11.5 Å². The third kappa shape index (κ3) is 4.14. The highest BCUT2D eigenvalue weighted by Gasteiger charge is 2.48. The highest BCUT2D eigenvalue weighted by molar-refractivity contribution is 5.96. The van der Waals surface area contributed by atoms with Gasteiger partial charge in [0.15, 0.2) is 5.60 Å². The van der Waals surface area contributed by atoms with Crippen molar-refractivity contribution in [3.63, 3.8) is 0 Å². The molecule has 0 aromatic heterocycles. The number of primary amides is 1. The largest absolute Gasteiger partial charge is 0.508 e. The Bertz CT molecular complexity index is 1240. The van der Waals surface area contributed by atoms with Gasteiger partial charge in [-0.3, -0.25) is 4.79 Å². The predicted octanol–water partition coefficient (Wildman–Crippen LogP) is 4.35. The lowest BCUT2D eigenvalue weighted by molar-refractivity contribution is 0.0251. The molecular weight excluding hydrogens is 418 g/mol. The summed E-state index contributed by atoms with van der Waals surface area (Å²) in [5.41, 5.74) is 7.13. The van der Waals surface area contributed by atoms with Crippen molar-refractivity contribution in [3.05, 3.63) is 131 Å². The van der Waals surface area contributed by atoms with E-state index in [0.717, 1.165) is 16.7 Å². The van der Waals surface area contributed by atoms with Crippen molar-refractivity contribution in [2.45, 2.75) is 5.60 Å². The normalized spacial score (nSPS) is 13.3. The van der Waals surface area contributed by atoms with Crippen LogP contribution >= 0.6 is 0 Å². The van der Waals surface area contributed by atoms with E-state index in [1.54, 1.807) is 84.9 Å². The summed E-state index contributed by atoms with van der Waals surface area (Å²) in [6, 6.07) is 29.2. The molecule has 0 fully saturated rings. The fourth-order valence-corrected chi connectivity index (χ4v) is 3.81. The molecule has 0 atom stereocenters. The number of hydrogen-bond donors (Lipinski definition) is 3. The number of aromatic hydroxyl groups is 2. The molecule has 5 rings (SSSR count). The molecule has 0 radical (unpaired) electrons. The maximum Gasteiger partial charge on any atom is 0.340 e. The molecule has 1 amide bonds. The Balaban J connectivity index is 0.000000243. The minimum atomic E-state index is -1.10. The van der Waals surface area contributed by atoms with E-state index in [0.29, 0.717) is 11.1 Å². The standard InChI is InChI=1S/C20H14O4.C7H7NO/c21-15-9-5-13(6-10-15)20(14-7-11-16(22)12-8-14)18-4-2-1-3-17(18)19(23)24-20;8-7(9)6-4-2-1-3-5-6/h1-12,21-22H;1-5H,(H2,8,9). The van der Waals surface area contributed by atoms with E-state index in [1.165, 1.54) is 0 Å². The third-order valence-corrected chi connectivity index (χ3v) is 5.38. The molecule has 1 aliphatic heterocycles. The van der Waals surface area contributed by atoms with Gasteiger partial charge in [0.05, 0.1) is 5.56 Å². The lowest BCUT2D eigenvalue weighted by Crippen LogP contribution is -2.29. The fourth-order valence-electron chi connectivity index (χ4n) is 3.81. The zero-order chi connectivity index (χ0) is 23.4. The molecule has 4 aromatic rings. The minimum Gasteiger partial charge on any atom is -0.508 e. The van der Waals surface area contributed by atoms with Gasteiger partial charge in [-0.2, -0.15) is 0 Å². The van der Waals surface area contributed by atoms with Gasteiger partial charge in [-0.25, -0.2) is 4.79 Å².